The van der Waals surface area contributed by atoms with Gasteiger partial charge in [-0.05, 0) is 44.4 Å². The number of ether oxygens (including phenoxy) is 1. The minimum Gasteiger partial charge on any atom is -0.397 e. The number of anilines is 3. The fourth-order valence-corrected chi connectivity index (χ4v) is 5.33. The van der Waals surface area contributed by atoms with Crippen LogP contribution in [0, 0.1) is 0 Å². The van der Waals surface area contributed by atoms with E-state index in [1.165, 1.54) is 29.7 Å². The van der Waals surface area contributed by atoms with Gasteiger partial charge in [-0.25, -0.2) is 9.97 Å². The predicted octanol–water partition coefficient (Wildman–Crippen LogP) is 3.98. The van der Waals surface area contributed by atoms with E-state index in [9.17, 15) is 4.79 Å². The van der Waals surface area contributed by atoms with Crippen LogP contribution in [0.15, 0.2) is 24.4 Å². The lowest BCUT2D eigenvalue weighted by Crippen LogP contribution is -2.34. The van der Waals surface area contributed by atoms with Crippen LogP contribution >= 0.6 is 11.3 Å². The number of nitrogen functional groups attached to an aromatic ring is 1. The molecule has 1 saturated heterocycles. The van der Waals surface area contributed by atoms with Crippen molar-refractivity contribution in [2.45, 2.75) is 45.3 Å². The van der Waals surface area contributed by atoms with Crippen LogP contribution in [0.3, 0.4) is 0 Å². The van der Waals surface area contributed by atoms with Crippen LogP contribution in [-0.2, 0) is 17.8 Å². The number of fused-ring (bicyclic) bond motifs is 3. The summed E-state index contributed by atoms with van der Waals surface area (Å²) in [5.41, 5.74) is 9.04. The van der Waals surface area contributed by atoms with E-state index in [0.717, 1.165) is 41.1 Å². The van der Waals surface area contributed by atoms with Crippen LogP contribution in [0.4, 0.5) is 17.3 Å². The minimum atomic E-state index is -0.283. The summed E-state index contributed by atoms with van der Waals surface area (Å²) in [5, 5.41) is 3.75. The van der Waals surface area contributed by atoms with E-state index < -0.39 is 0 Å². The second kappa shape index (κ2) is 7.21. The van der Waals surface area contributed by atoms with Crippen LogP contribution in [0.1, 0.15) is 47.5 Å². The maximum Gasteiger partial charge on any atom is 0.269 e. The molecular weight excluding hydrogens is 398 g/mol. The Bertz CT molecular complexity index is 1120. The maximum atomic E-state index is 13.0. The van der Waals surface area contributed by atoms with Crippen molar-refractivity contribution in [2.24, 2.45) is 0 Å². The van der Waals surface area contributed by atoms with E-state index in [2.05, 4.69) is 29.0 Å². The lowest BCUT2D eigenvalue weighted by molar-refractivity contribution is -0.0395. The molecule has 3 aromatic heterocycles. The number of hydrogen-bond donors (Lipinski definition) is 2. The number of pyridine rings is 2. The Labute approximate surface area is 179 Å². The number of nitrogens with one attached hydrogen (secondary N) is 1. The molecule has 2 aliphatic heterocycles. The van der Waals surface area contributed by atoms with Crippen molar-refractivity contribution in [3.05, 3.63) is 40.4 Å². The number of nitrogens with zero attached hydrogens (tertiary/aromatic N) is 3. The van der Waals surface area contributed by atoms with E-state index in [0.29, 0.717) is 23.0 Å². The molecule has 5 rings (SSSR count). The Hall–Kier alpha value is -2.71. The summed E-state index contributed by atoms with van der Waals surface area (Å²) in [6.45, 7) is 6.70. The average molecular weight is 424 g/mol. The van der Waals surface area contributed by atoms with Gasteiger partial charge in [-0.2, -0.15) is 0 Å². The first-order valence-electron chi connectivity index (χ1n) is 10.3. The van der Waals surface area contributed by atoms with Crippen LogP contribution in [-0.4, -0.2) is 34.6 Å². The molecule has 7 nitrogen and oxygen atoms in total. The lowest BCUT2D eigenvalue weighted by Gasteiger charge is -2.34. The van der Waals surface area contributed by atoms with E-state index >= 15 is 0 Å². The maximum absolute atomic E-state index is 13.0. The van der Waals surface area contributed by atoms with Gasteiger partial charge >= 0.3 is 0 Å². The number of hydrogen-bond acceptors (Lipinski definition) is 7. The monoisotopic (exact) mass is 423 g/mol. The standard InChI is InChI=1S/C22H25N5O2S/c1-22(2)11-13-14(12-29-22)19(27-9-5-6-10-27)26-21-16(13)17(23)18(30-21)20(28)25-15-7-3-4-8-24-15/h3-4,7-8H,5-6,9-12,23H2,1-2H3,(H,24,25,28). The van der Waals surface area contributed by atoms with Gasteiger partial charge in [0.2, 0.25) is 0 Å². The molecule has 156 valence electrons. The molecule has 30 heavy (non-hydrogen) atoms. The first kappa shape index (κ1) is 19.3. The molecule has 0 bridgehead atoms. The number of carbonyl (C=O) groups is 1. The third kappa shape index (κ3) is 3.30. The van der Waals surface area contributed by atoms with Crippen molar-refractivity contribution in [1.29, 1.82) is 0 Å². The summed E-state index contributed by atoms with van der Waals surface area (Å²) in [4.78, 5) is 25.7. The van der Waals surface area contributed by atoms with Crippen molar-refractivity contribution < 1.29 is 9.53 Å². The second-order valence-electron chi connectivity index (χ2n) is 8.51. The molecule has 3 aromatic rings. The van der Waals surface area contributed by atoms with Gasteiger partial charge in [-0.1, -0.05) is 6.07 Å². The molecule has 0 atom stereocenters. The molecule has 3 N–H and O–H groups in total. The number of nitrogens with two attached hydrogens (primary N) is 1. The Morgan fingerprint density at radius 1 is 1.27 bits per heavy atom. The van der Waals surface area contributed by atoms with Crippen LogP contribution in [0.2, 0.25) is 0 Å². The predicted molar refractivity (Wildman–Crippen MR) is 120 cm³/mol. The Kier molecular flexibility index (Phi) is 4.63. The van der Waals surface area contributed by atoms with E-state index in [1.54, 1.807) is 12.3 Å². The van der Waals surface area contributed by atoms with Crippen molar-refractivity contribution in [3.8, 4) is 0 Å². The number of aromatic nitrogens is 2. The lowest BCUT2D eigenvalue weighted by atomic mass is 9.90. The van der Waals surface area contributed by atoms with Gasteiger partial charge < -0.3 is 20.7 Å². The van der Waals surface area contributed by atoms with Crippen LogP contribution in [0.5, 0.6) is 0 Å². The highest BCUT2D eigenvalue weighted by Gasteiger charge is 2.34. The molecule has 0 aromatic carbocycles. The summed E-state index contributed by atoms with van der Waals surface area (Å²) >= 11 is 1.35. The molecule has 5 heterocycles. The van der Waals surface area contributed by atoms with Gasteiger partial charge in [-0.15, -0.1) is 11.3 Å². The van der Waals surface area contributed by atoms with Gasteiger partial charge in [-0.3, -0.25) is 4.79 Å². The molecule has 0 spiro atoms. The number of amides is 1. The van der Waals surface area contributed by atoms with Crippen molar-refractivity contribution in [2.75, 3.05) is 29.0 Å². The van der Waals surface area contributed by atoms with Crippen LogP contribution < -0.4 is 16.0 Å². The summed E-state index contributed by atoms with van der Waals surface area (Å²) in [6.07, 6.45) is 4.73. The van der Waals surface area contributed by atoms with Crippen molar-refractivity contribution in [3.63, 3.8) is 0 Å². The molecule has 1 amide bonds. The third-order valence-electron chi connectivity index (χ3n) is 5.80. The molecule has 0 radical (unpaired) electrons. The topological polar surface area (TPSA) is 93.4 Å². The van der Waals surface area contributed by atoms with Gasteiger partial charge in [0.1, 0.15) is 21.3 Å². The molecule has 0 aliphatic carbocycles. The average Bonchev–Trinajstić information content (AvgIpc) is 3.35. The summed E-state index contributed by atoms with van der Waals surface area (Å²) in [5.74, 6) is 1.24. The highest BCUT2D eigenvalue weighted by molar-refractivity contribution is 7.21. The highest BCUT2D eigenvalue weighted by atomic mass is 32.1. The SMILES string of the molecule is CC1(C)Cc2c(c(N3CCCC3)nc3sc(C(=O)Nc4ccccn4)c(N)c23)CO1. The van der Waals surface area contributed by atoms with Crippen molar-refractivity contribution in [1.82, 2.24) is 9.97 Å². The normalized spacial score (nSPS) is 17.9. The first-order valence-corrected chi connectivity index (χ1v) is 11.1. The molecule has 1 fully saturated rings. The van der Waals surface area contributed by atoms with Gasteiger partial charge in [0.05, 0.1) is 17.9 Å². The summed E-state index contributed by atoms with van der Waals surface area (Å²) in [6, 6.07) is 5.40. The molecule has 2 aliphatic rings. The zero-order chi connectivity index (χ0) is 20.9. The Morgan fingerprint density at radius 2 is 2.07 bits per heavy atom. The Morgan fingerprint density at radius 3 is 2.80 bits per heavy atom. The molecule has 0 unspecified atom stereocenters. The largest absolute Gasteiger partial charge is 0.397 e. The first-order chi connectivity index (χ1) is 14.4. The van der Waals surface area contributed by atoms with Gasteiger partial charge in [0.25, 0.3) is 5.91 Å². The van der Waals surface area contributed by atoms with Crippen molar-refractivity contribution >= 4 is 44.8 Å². The quantitative estimate of drug-likeness (QED) is 0.662. The number of carbonyl (C=O) groups excluding carboxylic acids is 1. The molecule has 0 saturated carbocycles. The second-order valence-corrected chi connectivity index (χ2v) is 9.51. The Balaban J connectivity index is 1.63. The third-order valence-corrected chi connectivity index (χ3v) is 6.90. The number of rotatable bonds is 3. The van der Waals surface area contributed by atoms with Gasteiger partial charge in [0, 0.05) is 36.7 Å². The van der Waals surface area contributed by atoms with E-state index in [4.69, 9.17) is 15.5 Å². The fourth-order valence-electron chi connectivity index (χ4n) is 4.31. The highest BCUT2D eigenvalue weighted by Crippen LogP contribution is 2.44. The van der Waals surface area contributed by atoms with E-state index in [1.807, 2.05) is 12.1 Å². The smallest absolute Gasteiger partial charge is 0.269 e. The summed E-state index contributed by atoms with van der Waals surface area (Å²) in [7, 11) is 0. The number of thiophene rings is 1. The zero-order valence-corrected chi connectivity index (χ0v) is 18.0. The molecule has 8 heteroatoms. The van der Waals surface area contributed by atoms with Gasteiger partial charge in [0.15, 0.2) is 0 Å². The van der Waals surface area contributed by atoms with Crippen LogP contribution in [0.25, 0.3) is 10.2 Å². The summed E-state index contributed by atoms with van der Waals surface area (Å²) < 4.78 is 6.12. The fraction of sp³-hybridized carbons (Fsp3) is 0.409. The minimum absolute atomic E-state index is 0.253. The molecular formula is C22H25N5O2S. The zero-order valence-electron chi connectivity index (χ0n) is 17.2. The van der Waals surface area contributed by atoms with E-state index in [-0.39, 0.29) is 11.5 Å².